The summed E-state index contributed by atoms with van der Waals surface area (Å²) in [5, 5.41) is 0. The number of ether oxygens (including phenoxy) is 1. The molecule has 1 aromatic rings. The smallest absolute Gasteiger partial charge is 0.337 e. The van der Waals surface area contributed by atoms with Gasteiger partial charge in [-0.25, -0.2) is 4.79 Å². The zero-order chi connectivity index (χ0) is 15.4. The topological polar surface area (TPSA) is 49.9 Å². The lowest BCUT2D eigenvalue weighted by molar-refractivity contribution is 0.0594. The number of esters is 1. The Kier molecular flexibility index (Phi) is 4.96. The van der Waals surface area contributed by atoms with Crippen LogP contribution in [-0.4, -0.2) is 61.0 Å². The minimum absolute atomic E-state index is 0.0239. The lowest BCUT2D eigenvalue weighted by Crippen LogP contribution is -2.50. The Bertz CT molecular complexity index is 520. The molecule has 5 nitrogen and oxygen atoms in total. The van der Waals surface area contributed by atoms with Crippen molar-refractivity contribution in [3.8, 4) is 0 Å². The molecule has 1 aliphatic heterocycles. The van der Waals surface area contributed by atoms with Gasteiger partial charge in [0.25, 0.3) is 5.91 Å². The molecule has 0 atom stereocenters. The van der Waals surface area contributed by atoms with E-state index in [9.17, 15) is 9.59 Å². The van der Waals surface area contributed by atoms with E-state index in [1.807, 2.05) is 4.90 Å². The Balaban J connectivity index is 2.06. The SMILES string of the molecule is COC(=O)c1cccc(C(=O)N2CCN(C(C)C)CC2)c1. The highest BCUT2D eigenvalue weighted by atomic mass is 16.5. The first-order chi connectivity index (χ1) is 10.0. The van der Waals surface area contributed by atoms with Crippen LogP contribution in [0, 0.1) is 0 Å². The summed E-state index contributed by atoms with van der Waals surface area (Å²) in [6.45, 7) is 7.55. The van der Waals surface area contributed by atoms with Gasteiger partial charge >= 0.3 is 5.97 Å². The highest BCUT2D eigenvalue weighted by Crippen LogP contribution is 2.13. The van der Waals surface area contributed by atoms with Crippen molar-refractivity contribution < 1.29 is 14.3 Å². The summed E-state index contributed by atoms with van der Waals surface area (Å²) in [7, 11) is 1.34. The van der Waals surface area contributed by atoms with E-state index in [0.717, 1.165) is 26.2 Å². The van der Waals surface area contributed by atoms with Crippen LogP contribution in [0.15, 0.2) is 24.3 Å². The highest BCUT2D eigenvalue weighted by molar-refractivity contribution is 5.97. The first kappa shape index (κ1) is 15.5. The molecule has 5 heteroatoms. The molecule has 0 N–H and O–H groups in total. The van der Waals surface area contributed by atoms with Gasteiger partial charge in [-0.2, -0.15) is 0 Å². The van der Waals surface area contributed by atoms with Gasteiger partial charge in [-0.1, -0.05) is 6.07 Å². The van der Waals surface area contributed by atoms with Gasteiger partial charge in [0.05, 0.1) is 12.7 Å². The Morgan fingerprint density at radius 3 is 2.29 bits per heavy atom. The number of carbonyl (C=O) groups is 2. The van der Waals surface area contributed by atoms with Crippen LogP contribution in [0.1, 0.15) is 34.6 Å². The summed E-state index contributed by atoms with van der Waals surface area (Å²) in [5.74, 6) is -0.446. The number of piperazine rings is 1. The van der Waals surface area contributed by atoms with Gasteiger partial charge in [-0.15, -0.1) is 0 Å². The van der Waals surface area contributed by atoms with Crippen LogP contribution in [-0.2, 0) is 4.74 Å². The predicted molar refractivity (Wildman–Crippen MR) is 80.4 cm³/mol. The van der Waals surface area contributed by atoms with Crippen molar-refractivity contribution in [2.24, 2.45) is 0 Å². The number of amides is 1. The van der Waals surface area contributed by atoms with Crippen molar-refractivity contribution >= 4 is 11.9 Å². The second-order valence-electron chi connectivity index (χ2n) is 5.49. The molecule has 0 saturated carbocycles. The second-order valence-corrected chi connectivity index (χ2v) is 5.49. The van der Waals surface area contributed by atoms with Crippen molar-refractivity contribution in [3.05, 3.63) is 35.4 Å². The molecule has 0 aromatic heterocycles. The maximum absolute atomic E-state index is 12.5. The van der Waals surface area contributed by atoms with E-state index in [4.69, 9.17) is 0 Å². The molecule has 1 fully saturated rings. The van der Waals surface area contributed by atoms with Crippen LogP contribution in [0.5, 0.6) is 0 Å². The van der Waals surface area contributed by atoms with E-state index in [2.05, 4.69) is 23.5 Å². The maximum Gasteiger partial charge on any atom is 0.337 e. The summed E-state index contributed by atoms with van der Waals surface area (Å²) in [4.78, 5) is 28.2. The number of hydrogen-bond donors (Lipinski definition) is 0. The van der Waals surface area contributed by atoms with E-state index >= 15 is 0 Å². The molecule has 2 rings (SSSR count). The third kappa shape index (κ3) is 3.61. The maximum atomic E-state index is 12.5. The second kappa shape index (κ2) is 6.72. The first-order valence-electron chi connectivity index (χ1n) is 7.24. The van der Waals surface area contributed by atoms with Crippen molar-refractivity contribution in [3.63, 3.8) is 0 Å². The van der Waals surface area contributed by atoms with Gasteiger partial charge in [-0.3, -0.25) is 9.69 Å². The van der Waals surface area contributed by atoms with Gasteiger partial charge in [0, 0.05) is 37.8 Å². The molecule has 1 saturated heterocycles. The van der Waals surface area contributed by atoms with Crippen LogP contribution in [0.25, 0.3) is 0 Å². The average molecular weight is 290 g/mol. The van der Waals surface area contributed by atoms with E-state index in [1.165, 1.54) is 7.11 Å². The van der Waals surface area contributed by atoms with Crippen LogP contribution >= 0.6 is 0 Å². The number of hydrogen-bond acceptors (Lipinski definition) is 4. The summed E-state index contributed by atoms with van der Waals surface area (Å²) in [5.41, 5.74) is 0.945. The Morgan fingerprint density at radius 1 is 1.10 bits per heavy atom. The van der Waals surface area contributed by atoms with E-state index in [1.54, 1.807) is 24.3 Å². The predicted octanol–water partition coefficient (Wildman–Crippen LogP) is 1.64. The molecule has 0 aliphatic carbocycles. The van der Waals surface area contributed by atoms with Crippen molar-refractivity contribution in [2.75, 3.05) is 33.3 Å². The number of methoxy groups -OCH3 is 1. The normalized spacial score (nSPS) is 16.1. The van der Waals surface area contributed by atoms with E-state index < -0.39 is 5.97 Å². The zero-order valence-corrected chi connectivity index (χ0v) is 12.8. The third-order valence-corrected chi connectivity index (χ3v) is 3.86. The lowest BCUT2D eigenvalue weighted by atomic mass is 10.1. The zero-order valence-electron chi connectivity index (χ0n) is 12.8. The quantitative estimate of drug-likeness (QED) is 0.794. The van der Waals surface area contributed by atoms with Crippen molar-refractivity contribution in [1.82, 2.24) is 9.80 Å². The third-order valence-electron chi connectivity index (χ3n) is 3.86. The summed E-state index contributed by atoms with van der Waals surface area (Å²) < 4.78 is 4.69. The Labute approximate surface area is 125 Å². The Morgan fingerprint density at radius 2 is 1.71 bits per heavy atom. The average Bonchev–Trinajstić information content (AvgIpc) is 2.53. The molecule has 0 spiro atoms. The molecule has 1 amide bonds. The van der Waals surface area contributed by atoms with Gasteiger partial charge in [0.2, 0.25) is 0 Å². The van der Waals surface area contributed by atoms with E-state index in [0.29, 0.717) is 17.2 Å². The van der Waals surface area contributed by atoms with Crippen molar-refractivity contribution in [2.45, 2.75) is 19.9 Å². The standard InChI is InChI=1S/C16H22N2O3/c1-12(2)17-7-9-18(10-8-17)15(19)13-5-4-6-14(11-13)16(20)21-3/h4-6,11-12H,7-10H2,1-3H3. The monoisotopic (exact) mass is 290 g/mol. The summed E-state index contributed by atoms with van der Waals surface area (Å²) in [6.07, 6.45) is 0. The fourth-order valence-electron chi connectivity index (χ4n) is 2.52. The van der Waals surface area contributed by atoms with Crippen LogP contribution < -0.4 is 0 Å². The number of rotatable bonds is 3. The Hall–Kier alpha value is -1.88. The first-order valence-corrected chi connectivity index (χ1v) is 7.24. The van der Waals surface area contributed by atoms with Gasteiger partial charge in [0.1, 0.15) is 0 Å². The molecular formula is C16H22N2O3. The van der Waals surface area contributed by atoms with Crippen LogP contribution in [0.3, 0.4) is 0 Å². The lowest BCUT2D eigenvalue weighted by Gasteiger charge is -2.37. The molecular weight excluding hydrogens is 268 g/mol. The fraction of sp³-hybridized carbons (Fsp3) is 0.500. The number of carbonyl (C=O) groups excluding carboxylic acids is 2. The van der Waals surface area contributed by atoms with E-state index in [-0.39, 0.29) is 5.91 Å². The van der Waals surface area contributed by atoms with Crippen molar-refractivity contribution in [1.29, 1.82) is 0 Å². The summed E-state index contributed by atoms with van der Waals surface area (Å²) >= 11 is 0. The minimum Gasteiger partial charge on any atom is -0.465 e. The fourth-order valence-corrected chi connectivity index (χ4v) is 2.52. The van der Waals surface area contributed by atoms with Gasteiger partial charge in [-0.05, 0) is 32.0 Å². The van der Waals surface area contributed by atoms with Crippen LogP contribution in [0.4, 0.5) is 0 Å². The molecule has 1 aromatic carbocycles. The molecule has 1 aliphatic rings. The largest absolute Gasteiger partial charge is 0.465 e. The number of benzene rings is 1. The highest BCUT2D eigenvalue weighted by Gasteiger charge is 2.23. The molecule has 0 radical (unpaired) electrons. The molecule has 114 valence electrons. The molecule has 0 bridgehead atoms. The minimum atomic E-state index is -0.422. The molecule has 0 unspecified atom stereocenters. The number of nitrogens with zero attached hydrogens (tertiary/aromatic N) is 2. The van der Waals surface area contributed by atoms with Crippen LogP contribution in [0.2, 0.25) is 0 Å². The molecule has 1 heterocycles. The van der Waals surface area contributed by atoms with Gasteiger partial charge in [0.15, 0.2) is 0 Å². The molecule has 21 heavy (non-hydrogen) atoms. The summed E-state index contributed by atoms with van der Waals surface area (Å²) in [6, 6.07) is 7.21. The van der Waals surface area contributed by atoms with Gasteiger partial charge < -0.3 is 9.64 Å².